The van der Waals surface area contributed by atoms with Crippen LogP contribution in [0.3, 0.4) is 0 Å². The quantitative estimate of drug-likeness (QED) is 0.498. The zero-order valence-electron chi connectivity index (χ0n) is 11.5. The summed E-state index contributed by atoms with van der Waals surface area (Å²) in [6, 6.07) is 2.26. The van der Waals surface area contributed by atoms with E-state index in [1.165, 1.54) is 13.2 Å². The molecule has 1 aromatic carbocycles. The predicted octanol–water partition coefficient (Wildman–Crippen LogP) is 3.16. The van der Waals surface area contributed by atoms with E-state index in [2.05, 4.69) is 5.43 Å². The minimum absolute atomic E-state index is 0.336. The molecule has 0 bridgehead atoms. The second-order valence-corrected chi connectivity index (χ2v) is 5.12. The minimum Gasteiger partial charge on any atom is -0.379 e. The summed E-state index contributed by atoms with van der Waals surface area (Å²) in [5, 5.41) is 0. The van der Waals surface area contributed by atoms with Gasteiger partial charge in [-0.05, 0) is 38.0 Å². The Morgan fingerprint density at radius 2 is 1.90 bits per heavy atom. The van der Waals surface area contributed by atoms with Gasteiger partial charge in [0.2, 0.25) is 0 Å². The highest BCUT2D eigenvalue weighted by atomic mass is 19.4. The first-order chi connectivity index (χ1) is 9.10. The van der Waals surface area contributed by atoms with Crippen LogP contribution < -0.4 is 11.3 Å². The Bertz CT molecular complexity index is 460. The Morgan fingerprint density at radius 1 is 1.30 bits per heavy atom. The molecule has 3 nitrogen and oxygen atoms in total. The SMILES string of the molecule is COC(C)(C)CC(NN)c1ccc(C(F)(F)F)c(F)c1. The first-order valence-electron chi connectivity index (χ1n) is 5.98. The third-order valence-corrected chi connectivity index (χ3v) is 3.15. The van der Waals surface area contributed by atoms with E-state index in [9.17, 15) is 17.6 Å². The summed E-state index contributed by atoms with van der Waals surface area (Å²) in [7, 11) is 1.51. The summed E-state index contributed by atoms with van der Waals surface area (Å²) in [4.78, 5) is 0. The number of hydrogen-bond donors (Lipinski definition) is 2. The molecule has 0 spiro atoms. The van der Waals surface area contributed by atoms with Gasteiger partial charge in [-0.15, -0.1) is 0 Å². The molecule has 0 amide bonds. The van der Waals surface area contributed by atoms with Crippen molar-refractivity contribution >= 4 is 0 Å². The highest BCUT2D eigenvalue weighted by molar-refractivity contribution is 5.28. The summed E-state index contributed by atoms with van der Waals surface area (Å²) in [5.41, 5.74) is 0.968. The van der Waals surface area contributed by atoms with Gasteiger partial charge in [-0.3, -0.25) is 11.3 Å². The van der Waals surface area contributed by atoms with Gasteiger partial charge in [-0.25, -0.2) is 4.39 Å². The summed E-state index contributed by atoms with van der Waals surface area (Å²) in [6.07, 6.45) is -4.33. The Balaban J connectivity index is 3.04. The lowest BCUT2D eigenvalue weighted by Gasteiger charge is -2.28. The molecule has 20 heavy (non-hydrogen) atoms. The molecule has 114 valence electrons. The number of alkyl halides is 3. The number of halogens is 4. The number of methoxy groups -OCH3 is 1. The van der Waals surface area contributed by atoms with Crippen molar-refractivity contribution in [2.75, 3.05) is 7.11 Å². The summed E-state index contributed by atoms with van der Waals surface area (Å²) < 4.78 is 56.2. The van der Waals surface area contributed by atoms with Crippen molar-refractivity contribution in [3.05, 3.63) is 35.1 Å². The maximum absolute atomic E-state index is 13.5. The first-order valence-corrected chi connectivity index (χ1v) is 5.98. The van der Waals surface area contributed by atoms with Crippen molar-refractivity contribution in [1.82, 2.24) is 5.43 Å². The molecule has 1 aromatic rings. The van der Waals surface area contributed by atoms with Gasteiger partial charge in [-0.1, -0.05) is 6.07 Å². The topological polar surface area (TPSA) is 47.3 Å². The molecule has 0 saturated carbocycles. The lowest BCUT2D eigenvalue weighted by Crippen LogP contribution is -2.35. The van der Waals surface area contributed by atoms with Crippen molar-refractivity contribution in [3.8, 4) is 0 Å². The lowest BCUT2D eigenvalue weighted by atomic mass is 9.93. The molecular weight excluding hydrogens is 276 g/mol. The normalized spacial score (nSPS) is 14.4. The van der Waals surface area contributed by atoms with E-state index >= 15 is 0 Å². The average molecular weight is 294 g/mol. The zero-order valence-corrected chi connectivity index (χ0v) is 11.5. The van der Waals surface area contributed by atoms with Crippen LogP contribution in [-0.2, 0) is 10.9 Å². The van der Waals surface area contributed by atoms with Crippen LogP contribution in [0.2, 0.25) is 0 Å². The van der Waals surface area contributed by atoms with E-state index in [4.69, 9.17) is 10.6 Å². The van der Waals surface area contributed by atoms with Gasteiger partial charge < -0.3 is 4.74 Å². The molecule has 1 unspecified atom stereocenters. The predicted molar refractivity (Wildman–Crippen MR) is 67.2 cm³/mol. The van der Waals surface area contributed by atoms with E-state index in [1.54, 1.807) is 13.8 Å². The molecule has 0 aliphatic heterocycles. The van der Waals surface area contributed by atoms with Crippen LogP contribution in [0.15, 0.2) is 18.2 Å². The summed E-state index contributed by atoms with van der Waals surface area (Å²) >= 11 is 0. The highest BCUT2D eigenvalue weighted by Crippen LogP contribution is 2.33. The van der Waals surface area contributed by atoms with Crippen molar-refractivity contribution in [2.45, 2.75) is 38.1 Å². The van der Waals surface area contributed by atoms with Crippen molar-refractivity contribution in [3.63, 3.8) is 0 Å². The van der Waals surface area contributed by atoms with Crippen molar-refractivity contribution in [1.29, 1.82) is 0 Å². The molecule has 0 heterocycles. The largest absolute Gasteiger partial charge is 0.419 e. The van der Waals surface area contributed by atoms with Gasteiger partial charge in [0, 0.05) is 13.2 Å². The van der Waals surface area contributed by atoms with Crippen LogP contribution >= 0.6 is 0 Å². The fraction of sp³-hybridized carbons (Fsp3) is 0.538. The number of hydrogen-bond acceptors (Lipinski definition) is 3. The van der Waals surface area contributed by atoms with Crippen LogP contribution in [0.4, 0.5) is 17.6 Å². The summed E-state index contributed by atoms with van der Waals surface area (Å²) in [6.45, 7) is 3.61. The molecule has 0 aliphatic rings. The van der Waals surface area contributed by atoms with Crippen LogP contribution in [0.5, 0.6) is 0 Å². The standard InChI is InChI=1S/C13H18F4N2O/c1-12(2,20-3)7-11(19-18)8-4-5-9(10(14)6-8)13(15,16)17/h4-6,11,19H,7,18H2,1-3H3. The lowest BCUT2D eigenvalue weighted by molar-refractivity contribution is -0.140. The smallest absolute Gasteiger partial charge is 0.379 e. The Labute approximate surface area is 115 Å². The van der Waals surface area contributed by atoms with Crippen LogP contribution in [0.25, 0.3) is 0 Å². The molecule has 1 atom stereocenters. The van der Waals surface area contributed by atoms with Gasteiger partial charge in [0.1, 0.15) is 5.82 Å². The highest BCUT2D eigenvalue weighted by Gasteiger charge is 2.34. The maximum Gasteiger partial charge on any atom is 0.419 e. The second kappa shape index (κ2) is 6.07. The van der Waals surface area contributed by atoms with E-state index < -0.39 is 29.2 Å². The van der Waals surface area contributed by atoms with Crippen molar-refractivity contribution < 1.29 is 22.3 Å². The zero-order chi connectivity index (χ0) is 15.6. The molecule has 0 radical (unpaired) electrons. The summed E-state index contributed by atoms with van der Waals surface area (Å²) in [5.74, 6) is 4.08. The molecular formula is C13H18F4N2O. The van der Waals surface area contributed by atoms with Crippen LogP contribution in [0, 0.1) is 5.82 Å². The monoisotopic (exact) mass is 294 g/mol. The maximum atomic E-state index is 13.5. The fourth-order valence-electron chi connectivity index (χ4n) is 1.83. The Morgan fingerprint density at radius 3 is 2.30 bits per heavy atom. The van der Waals surface area contributed by atoms with Crippen LogP contribution in [0.1, 0.15) is 37.4 Å². The van der Waals surface area contributed by atoms with E-state index in [0.29, 0.717) is 12.0 Å². The third-order valence-electron chi connectivity index (χ3n) is 3.15. The molecule has 0 aliphatic carbocycles. The van der Waals surface area contributed by atoms with Gasteiger partial charge >= 0.3 is 6.18 Å². The first kappa shape index (κ1) is 16.9. The molecule has 1 rings (SSSR count). The van der Waals surface area contributed by atoms with E-state index in [1.807, 2.05) is 0 Å². The van der Waals surface area contributed by atoms with E-state index in [-0.39, 0.29) is 0 Å². The molecule has 7 heteroatoms. The number of hydrazine groups is 1. The van der Waals surface area contributed by atoms with Gasteiger partial charge in [0.15, 0.2) is 0 Å². The Kier molecular flexibility index (Phi) is 5.12. The molecule has 3 N–H and O–H groups in total. The number of rotatable bonds is 5. The fourth-order valence-corrected chi connectivity index (χ4v) is 1.83. The van der Waals surface area contributed by atoms with Gasteiger partial charge in [0.05, 0.1) is 11.2 Å². The van der Waals surface area contributed by atoms with Gasteiger partial charge in [-0.2, -0.15) is 13.2 Å². The molecule has 0 fully saturated rings. The number of benzene rings is 1. The average Bonchev–Trinajstić information content (AvgIpc) is 2.34. The molecule has 0 aromatic heterocycles. The van der Waals surface area contributed by atoms with E-state index in [0.717, 1.165) is 12.1 Å². The minimum atomic E-state index is -4.71. The third kappa shape index (κ3) is 4.16. The number of nitrogens with one attached hydrogen (secondary N) is 1. The molecule has 0 saturated heterocycles. The second-order valence-electron chi connectivity index (χ2n) is 5.12. The number of nitrogens with two attached hydrogens (primary N) is 1. The van der Waals surface area contributed by atoms with Crippen molar-refractivity contribution in [2.24, 2.45) is 5.84 Å². The van der Waals surface area contributed by atoms with Crippen LogP contribution in [-0.4, -0.2) is 12.7 Å². The Hall–Kier alpha value is -1.18. The number of ether oxygens (including phenoxy) is 1. The van der Waals surface area contributed by atoms with Gasteiger partial charge in [0.25, 0.3) is 0 Å².